The Kier molecular flexibility index (Phi) is 1.71. The maximum absolute atomic E-state index is 10.7. The average molecular weight is 139 g/mol. The molecule has 0 unspecified atom stereocenters. The number of urea groups is 1. The lowest BCUT2D eigenvalue weighted by Gasteiger charge is -2.06. The number of hydrogen-bond acceptors (Lipinski definition) is 2. The van der Waals surface area contributed by atoms with Gasteiger partial charge in [0.25, 0.3) is 5.91 Å². The molecule has 1 heterocycles. The van der Waals surface area contributed by atoms with Crippen LogP contribution >= 0.6 is 0 Å². The van der Waals surface area contributed by atoms with Crippen LogP contribution in [0.2, 0.25) is 0 Å². The fraction of sp³-hybridized carbons (Fsp3) is 0.167. The number of nitrogens with zero attached hydrogens (tertiary/aromatic N) is 1. The van der Waals surface area contributed by atoms with Gasteiger partial charge in [0.05, 0.1) is 13.1 Å². The van der Waals surface area contributed by atoms with Gasteiger partial charge in [-0.25, -0.2) is 4.79 Å². The highest BCUT2D eigenvalue weighted by atomic mass is 16.2. The van der Waals surface area contributed by atoms with Crippen LogP contribution in [0.25, 0.3) is 0 Å². The third-order valence-corrected chi connectivity index (χ3v) is 1.13. The SMILES string of the molecule is C=C[CH]N1C(=O)CNC1=O. The van der Waals surface area contributed by atoms with E-state index in [4.69, 9.17) is 0 Å². The predicted octanol–water partition coefficient (Wildman–Crippen LogP) is -0.114. The molecule has 0 atom stereocenters. The van der Waals surface area contributed by atoms with E-state index < -0.39 is 0 Å². The van der Waals surface area contributed by atoms with Crippen molar-refractivity contribution in [2.45, 2.75) is 0 Å². The highest BCUT2D eigenvalue weighted by molar-refractivity contribution is 6.02. The van der Waals surface area contributed by atoms with Gasteiger partial charge in [-0.3, -0.25) is 9.69 Å². The second-order valence-electron chi connectivity index (χ2n) is 1.81. The second-order valence-corrected chi connectivity index (χ2v) is 1.81. The largest absolute Gasteiger partial charge is 0.329 e. The minimum Gasteiger partial charge on any atom is -0.329 e. The van der Waals surface area contributed by atoms with Crippen LogP contribution in [-0.2, 0) is 4.79 Å². The highest BCUT2D eigenvalue weighted by Gasteiger charge is 2.26. The molecule has 4 nitrogen and oxygen atoms in total. The Balaban J connectivity index is 2.62. The van der Waals surface area contributed by atoms with E-state index in [1.54, 1.807) is 0 Å². The van der Waals surface area contributed by atoms with Crippen molar-refractivity contribution in [3.63, 3.8) is 0 Å². The van der Waals surface area contributed by atoms with Crippen LogP contribution in [0.15, 0.2) is 12.7 Å². The zero-order valence-corrected chi connectivity index (χ0v) is 5.33. The van der Waals surface area contributed by atoms with E-state index in [9.17, 15) is 9.59 Å². The fourth-order valence-corrected chi connectivity index (χ4v) is 0.691. The summed E-state index contributed by atoms with van der Waals surface area (Å²) in [7, 11) is 0. The molecular formula is C6H7N2O2. The Morgan fingerprint density at radius 3 is 2.70 bits per heavy atom. The monoisotopic (exact) mass is 139 g/mol. The predicted molar refractivity (Wildman–Crippen MR) is 34.7 cm³/mol. The molecule has 0 spiro atoms. The molecular weight excluding hydrogens is 132 g/mol. The average Bonchev–Trinajstić information content (AvgIpc) is 2.20. The third-order valence-electron chi connectivity index (χ3n) is 1.13. The molecule has 0 aromatic heterocycles. The van der Waals surface area contributed by atoms with Gasteiger partial charge >= 0.3 is 6.03 Å². The Hall–Kier alpha value is -1.32. The third kappa shape index (κ3) is 1.00. The van der Waals surface area contributed by atoms with Gasteiger partial charge in [-0.2, -0.15) is 0 Å². The molecule has 53 valence electrons. The van der Waals surface area contributed by atoms with Crippen molar-refractivity contribution < 1.29 is 9.59 Å². The Morgan fingerprint density at radius 1 is 1.60 bits per heavy atom. The van der Waals surface area contributed by atoms with Crippen molar-refractivity contribution >= 4 is 11.9 Å². The molecule has 1 fully saturated rings. The van der Waals surface area contributed by atoms with Crippen LogP contribution in [0, 0.1) is 6.54 Å². The van der Waals surface area contributed by atoms with Gasteiger partial charge in [0, 0.05) is 0 Å². The lowest BCUT2D eigenvalue weighted by Crippen LogP contribution is -2.27. The summed E-state index contributed by atoms with van der Waals surface area (Å²) >= 11 is 0. The van der Waals surface area contributed by atoms with Gasteiger partial charge in [-0.1, -0.05) is 6.08 Å². The zero-order valence-electron chi connectivity index (χ0n) is 5.33. The molecule has 0 aromatic rings. The Morgan fingerprint density at radius 2 is 2.30 bits per heavy atom. The summed E-state index contributed by atoms with van der Waals surface area (Å²) in [4.78, 5) is 22.4. The highest BCUT2D eigenvalue weighted by Crippen LogP contribution is 2.00. The van der Waals surface area contributed by atoms with Gasteiger partial charge in [0.15, 0.2) is 0 Å². The number of amides is 3. The van der Waals surface area contributed by atoms with Gasteiger partial charge in [-0.05, 0) is 0 Å². The van der Waals surface area contributed by atoms with E-state index in [0.717, 1.165) is 4.90 Å². The maximum atomic E-state index is 10.7. The van der Waals surface area contributed by atoms with Crippen molar-refractivity contribution in [2.75, 3.05) is 6.54 Å². The summed E-state index contributed by atoms with van der Waals surface area (Å²) in [5.41, 5.74) is 0. The first-order valence-corrected chi connectivity index (χ1v) is 2.81. The number of carbonyl (C=O) groups excluding carboxylic acids is 2. The van der Waals surface area contributed by atoms with E-state index in [1.807, 2.05) is 0 Å². The fourth-order valence-electron chi connectivity index (χ4n) is 0.691. The summed E-state index contributed by atoms with van der Waals surface area (Å²) in [6.07, 6.45) is 1.39. The molecule has 0 aromatic carbocycles. The van der Waals surface area contributed by atoms with E-state index in [0.29, 0.717) is 0 Å². The smallest absolute Gasteiger partial charge is 0.325 e. The molecule has 10 heavy (non-hydrogen) atoms. The van der Waals surface area contributed by atoms with Crippen LogP contribution in [0.1, 0.15) is 0 Å². The molecule has 0 aliphatic carbocycles. The quantitative estimate of drug-likeness (QED) is 0.542. The Labute approximate surface area is 58.5 Å². The molecule has 1 rings (SSSR count). The summed E-state index contributed by atoms with van der Waals surface area (Å²) in [6.45, 7) is 4.79. The first-order valence-electron chi connectivity index (χ1n) is 2.81. The zero-order chi connectivity index (χ0) is 7.56. The van der Waals surface area contributed by atoms with Gasteiger partial charge < -0.3 is 5.32 Å². The van der Waals surface area contributed by atoms with Crippen LogP contribution in [0.5, 0.6) is 0 Å². The lowest BCUT2D eigenvalue weighted by atomic mass is 10.5. The van der Waals surface area contributed by atoms with Crippen molar-refractivity contribution in [1.82, 2.24) is 10.2 Å². The van der Waals surface area contributed by atoms with Crippen molar-refractivity contribution in [3.8, 4) is 0 Å². The van der Waals surface area contributed by atoms with Crippen molar-refractivity contribution in [3.05, 3.63) is 19.2 Å². The van der Waals surface area contributed by atoms with Crippen LogP contribution in [0.4, 0.5) is 4.79 Å². The lowest BCUT2D eigenvalue weighted by molar-refractivity contribution is -0.123. The van der Waals surface area contributed by atoms with E-state index in [1.165, 1.54) is 12.6 Å². The molecule has 0 bridgehead atoms. The number of hydrogen-bond donors (Lipinski definition) is 1. The molecule has 4 heteroatoms. The van der Waals surface area contributed by atoms with Crippen LogP contribution in [0.3, 0.4) is 0 Å². The molecule has 1 radical (unpaired) electrons. The molecule has 3 amide bonds. The molecule has 1 aliphatic heterocycles. The van der Waals surface area contributed by atoms with Crippen LogP contribution in [-0.4, -0.2) is 23.4 Å². The van der Waals surface area contributed by atoms with E-state index >= 15 is 0 Å². The Bertz CT molecular complexity index is 172. The molecule has 1 saturated heterocycles. The first kappa shape index (κ1) is 6.80. The maximum Gasteiger partial charge on any atom is 0.325 e. The summed E-state index contributed by atoms with van der Waals surface area (Å²) < 4.78 is 0. The second kappa shape index (κ2) is 2.51. The molecule has 0 saturated carbocycles. The first-order chi connectivity index (χ1) is 4.75. The standard InChI is InChI=1S/C6H7N2O2/c1-2-3-8-5(9)4-7-6(8)10/h2-3H,1,4H2,(H,7,10). The van der Waals surface area contributed by atoms with Gasteiger partial charge in [0.2, 0.25) is 0 Å². The number of imide groups is 1. The van der Waals surface area contributed by atoms with Crippen LogP contribution < -0.4 is 5.32 Å². The summed E-state index contributed by atoms with van der Waals surface area (Å²) in [5, 5.41) is 2.36. The number of nitrogens with one attached hydrogen (secondary N) is 1. The number of carbonyl (C=O) groups is 2. The van der Waals surface area contributed by atoms with E-state index in [-0.39, 0.29) is 18.5 Å². The minimum atomic E-state index is -0.384. The normalized spacial score (nSPS) is 17.4. The van der Waals surface area contributed by atoms with E-state index in [2.05, 4.69) is 11.9 Å². The van der Waals surface area contributed by atoms with Gasteiger partial charge in [0.1, 0.15) is 0 Å². The molecule has 1 aliphatic rings. The van der Waals surface area contributed by atoms with Crippen molar-refractivity contribution in [2.24, 2.45) is 0 Å². The topological polar surface area (TPSA) is 49.4 Å². The van der Waals surface area contributed by atoms with Crippen molar-refractivity contribution in [1.29, 1.82) is 0 Å². The summed E-state index contributed by atoms with van der Waals surface area (Å²) in [6, 6.07) is -0.384. The van der Waals surface area contributed by atoms with Gasteiger partial charge in [-0.15, -0.1) is 6.58 Å². The molecule has 1 N–H and O–H groups in total. The summed E-state index contributed by atoms with van der Waals surface area (Å²) in [5.74, 6) is -0.245. The number of rotatable bonds is 2. The minimum absolute atomic E-state index is 0.0865.